The van der Waals surface area contributed by atoms with E-state index < -0.39 is 6.10 Å². The average Bonchev–Trinajstić information content (AvgIpc) is 2.46. The second-order valence-corrected chi connectivity index (χ2v) is 3.87. The molecule has 2 aromatic rings. The molecular formula is C15H13NO2. The normalized spacial score (nSPS) is 11.6. The molecule has 0 aromatic heterocycles. The first kappa shape index (κ1) is 12.2. The lowest BCUT2D eigenvalue weighted by Crippen LogP contribution is -2.02. The minimum absolute atomic E-state index is 0.487. The van der Waals surface area contributed by atoms with Crippen LogP contribution in [0.5, 0.6) is 5.75 Å². The van der Waals surface area contributed by atoms with E-state index in [1.54, 1.807) is 49.6 Å². The van der Waals surface area contributed by atoms with Gasteiger partial charge < -0.3 is 9.84 Å². The second kappa shape index (κ2) is 5.35. The molecule has 1 N–H and O–H groups in total. The molecule has 0 saturated carbocycles. The smallest absolute Gasteiger partial charge is 0.118 e. The number of hydrogen-bond donors (Lipinski definition) is 1. The molecular weight excluding hydrogens is 226 g/mol. The van der Waals surface area contributed by atoms with Gasteiger partial charge in [0.25, 0.3) is 0 Å². The monoisotopic (exact) mass is 239 g/mol. The Bertz CT molecular complexity index is 570. The van der Waals surface area contributed by atoms with Gasteiger partial charge in [0.1, 0.15) is 11.9 Å². The molecule has 0 aliphatic heterocycles. The zero-order valence-electron chi connectivity index (χ0n) is 10.00. The summed E-state index contributed by atoms with van der Waals surface area (Å²) in [5.41, 5.74) is 1.84. The van der Waals surface area contributed by atoms with Crippen LogP contribution in [0.1, 0.15) is 22.8 Å². The summed E-state index contributed by atoms with van der Waals surface area (Å²) in [4.78, 5) is 0. The molecule has 0 saturated heterocycles. The van der Waals surface area contributed by atoms with Crippen molar-refractivity contribution < 1.29 is 9.84 Å². The summed E-state index contributed by atoms with van der Waals surface area (Å²) in [5, 5.41) is 19.3. The third kappa shape index (κ3) is 2.34. The zero-order valence-corrected chi connectivity index (χ0v) is 10.00. The van der Waals surface area contributed by atoms with E-state index in [9.17, 15) is 5.11 Å². The molecule has 0 amide bonds. The Morgan fingerprint density at radius 2 is 1.78 bits per heavy atom. The van der Waals surface area contributed by atoms with Gasteiger partial charge in [-0.1, -0.05) is 30.3 Å². The predicted molar refractivity (Wildman–Crippen MR) is 68.2 cm³/mol. The van der Waals surface area contributed by atoms with E-state index in [2.05, 4.69) is 6.07 Å². The van der Waals surface area contributed by atoms with Crippen LogP contribution in [0, 0.1) is 11.3 Å². The fraction of sp³-hybridized carbons (Fsp3) is 0.133. The molecule has 0 spiro atoms. The molecule has 3 heteroatoms. The highest BCUT2D eigenvalue weighted by molar-refractivity contribution is 5.43. The van der Waals surface area contributed by atoms with Crippen LogP contribution in [0.3, 0.4) is 0 Å². The third-order valence-corrected chi connectivity index (χ3v) is 2.81. The van der Waals surface area contributed by atoms with Crippen molar-refractivity contribution in [2.45, 2.75) is 6.10 Å². The van der Waals surface area contributed by atoms with Gasteiger partial charge in [-0.15, -0.1) is 0 Å². The van der Waals surface area contributed by atoms with Crippen LogP contribution < -0.4 is 4.74 Å². The van der Waals surface area contributed by atoms with Gasteiger partial charge in [-0.3, -0.25) is 0 Å². The summed E-state index contributed by atoms with van der Waals surface area (Å²) >= 11 is 0. The zero-order chi connectivity index (χ0) is 13.0. The Morgan fingerprint density at radius 3 is 2.39 bits per heavy atom. The van der Waals surface area contributed by atoms with Crippen LogP contribution in [-0.2, 0) is 0 Å². The van der Waals surface area contributed by atoms with Gasteiger partial charge in [-0.25, -0.2) is 0 Å². The fourth-order valence-electron chi connectivity index (χ4n) is 1.80. The minimum atomic E-state index is -0.799. The van der Waals surface area contributed by atoms with E-state index in [0.717, 1.165) is 11.3 Å². The molecule has 0 radical (unpaired) electrons. The van der Waals surface area contributed by atoms with Gasteiger partial charge in [0.2, 0.25) is 0 Å². The molecule has 0 heterocycles. The first-order valence-electron chi connectivity index (χ1n) is 5.57. The van der Waals surface area contributed by atoms with Crippen molar-refractivity contribution in [3.63, 3.8) is 0 Å². The van der Waals surface area contributed by atoms with Crippen LogP contribution >= 0.6 is 0 Å². The average molecular weight is 239 g/mol. The van der Waals surface area contributed by atoms with Crippen molar-refractivity contribution in [1.82, 2.24) is 0 Å². The molecule has 0 aliphatic carbocycles. The van der Waals surface area contributed by atoms with Crippen molar-refractivity contribution in [2.24, 2.45) is 0 Å². The molecule has 3 nitrogen and oxygen atoms in total. The number of aliphatic hydroxyl groups excluding tert-OH is 1. The SMILES string of the molecule is COc1ccc(C(O)c2ccccc2C#N)cc1. The summed E-state index contributed by atoms with van der Waals surface area (Å²) in [5.74, 6) is 0.736. The van der Waals surface area contributed by atoms with Crippen molar-refractivity contribution in [3.8, 4) is 11.8 Å². The Hall–Kier alpha value is -2.31. The number of methoxy groups -OCH3 is 1. The third-order valence-electron chi connectivity index (χ3n) is 2.81. The van der Waals surface area contributed by atoms with Gasteiger partial charge in [-0.05, 0) is 23.8 Å². The van der Waals surface area contributed by atoms with Crippen molar-refractivity contribution in [2.75, 3.05) is 7.11 Å². The van der Waals surface area contributed by atoms with Gasteiger partial charge in [0, 0.05) is 5.56 Å². The van der Waals surface area contributed by atoms with Gasteiger partial charge in [0.05, 0.1) is 18.7 Å². The Morgan fingerprint density at radius 1 is 1.11 bits per heavy atom. The molecule has 1 unspecified atom stereocenters. The van der Waals surface area contributed by atoms with Crippen molar-refractivity contribution in [3.05, 3.63) is 65.2 Å². The fourth-order valence-corrected chi connectivity index (χ4v) is 1.80. The number of ether oxygens (including phenoxy) is 1. The summed E-state index contributed by atoms with van der Waals surface area (Å²) in [6.45, 7) is 0. The summed E-state index contributed by atoms with van der Waals surface area (Å²) in [7, 11) is 1.59. The van der Waals surface area contributed by atoms with E-state index in [4.69, 9.17) is 10.00 Å². The maximum absolute atomic E-state index is 10.3. The molecule has 18 heavy (non-hydrogen) atoms. The van der Waals surface area contributed by atoms with Gasteiger partial charge >= 0.3 is 0 Å². The van der Waals surface area contributed by atoms with Crippen molar-refractivity contribution >= 4 is 0 Å². The molecule has 2 rings (SSSR count). The number of rotatable bonds is 3. The number of nitrogens with zero attached hydrogens (tertiary/aromatic N) is 1. The summed E-state index contributed by atoms with van der Waals surface area (Å²) in [6.07, 6.45) is -0.799. The van der Waals surface area contributed by atoms with Crippen molar-refractivity contribution in [1.29, 1.82) is 5.26 Å². The topological polar surface area (TPSA) is 53.2 Å². The highest BCUT2D eigenvalue weighted by atomic mass is 16.5. The van der Waals surface area contributed by atoms with Crippen LogP contribution in [-0.4, -0.2) is 12.2 Å². The number of aliphatic hydroxyl groups is 1. The summed E-state index contributed by atoms with van der Waals surface area (Å²) in [6, 6.07) is 16.3. The van der Waals surface area contributed by atoms with Crippen LogP contribution in [0.2, 0.25) is 0 Å². The lowest BCUT2D eigenvalue weighted by atomic mass is 9.97. The Kier molecular flexibility index (Phi) is 3.61. The van der Waals surface area contributed by atoms with Gasteiger partial charge in [-0.2, -0.15) is 5.26 Å². The maximum Gasteiger partial charge on any atom is 0.118 e. The predicted octanol–water partition coefficient (Wildman–Crippen LogP) is 2.65. The van der Waals surface area contributed by atoms with E-state index in [1.165, 1.54) is 0 Å². The van der Waals surface area contributed by atoms with Crippen LogP contribution in [0.15, 0.2) is 48.5 Å². The highest BCUT2D eigenvalue weighted by Crippen LogP contribution is 2.25. The van der Waals surface area contributed by atoms with Crippen LogP contribution in [0.25, 0.3) is 0 Å². The van der Waals surface area contributed by atoms with E-state index in [1.807, 2.05) is 6.07 Å². The van der Waals surface area contributed by atoms with E-state index in [0.29, 0.717) is 11.1 Å². The first-order chi connectivity index (χ1) is 8.76. The van der Waals surface area contributed by atoms with Crippen LogP contribution in [0.4, 0.5) is 0 Å². The largest absolute Gasteiger partial charge is 0.497 e. The minimum Gasteiger partial charge on any atom is -0.497 e. The number of nitriles is 1. The van der Waals surface area contributed by atoms with Gasteiger partial charge in [0.15, 0.2) is 0 Å². The van der Waals surface area contributed by atoms with E-state index >= 15 is 0 Å². The highest BCUT2D eigenvalue weighted by Gasteiger charge is 2.13. The molecule has 0 aliphatic rings. The number of benzene rings is 2. The molecule has 0 fully saturated rings. The lowest BCUT2D eigenvalue weighted by molar-refractivity contribution is 0.220. The molecule has 2 aromatic carbocycles. The summed E-state index contributed by atoms with van der Waals surface area (Å²) < 4.78 is 5.07. The molecule has 1 atom stereocenters. The Balaban J connectivity index is 2.35. The quantitative estimate of drug-likeness (QED) is 0.895. The van der Waals surface area contributed by atoms with E-state index in [-0.39, 0.29) is 0 Å². The standard InChI is InChI=1S/C15H13NO2/c1-18-13-8-6-11(7-9-13)15(17)14-5-3-2-4-12(14)10-16/h2-9,15,17H,1H3. The number of hydrogen-bond acceptors (Lipinski definition) is 3. The second-order valence-electron chi connectivity index (χ2n) is 3.87. The maximum atomic E-state index is 10.3. The molecule has 90 valence electrons. The molecule has 0 bridgehead atoms. The first-order valence-corrected chi connectivity index (χ1v) is 5.57. The lowest BCUT2D eigenvalue weighted by Gasteiger charge is -2.13. The Labute approximate surface area is 106 Å².